The molecule has 1 saturated carbocycles. The largest absolute Gasteiger partial charge is 0.489 e. The number of hydrogen-bond acceptors (Lipinski definition) is 8. The van der Waals surface area contributed by atoms with Crippen molar-refractivity contribution in [3.05, 3.63) is 113 Å². The van der Waals surface area contributed by atoms with Crippen LogP contribution in [-0.2, 0) is 35.0 Å². The number of aryl methyl sites for hydroxylation is 1. The predicted octanol–water partition coefficient (Wildman–Crippen LogP) is 11.1. The van der Waals surface area contributed by atoms with Crippen molar-refractivity contribution in [1.82, 2.24) is 9.97 Å². The van der Waals surface area contributed by atoms with E-state index in [1.54, 1.807) is 23.6 Å². The van der Waals surface area contributed by atoms with Crippen molar-refractivity contribution >= 4 is 29.4 Å². The fraction of sp³-hybridized carbons (Fsp3) is 0.465. The molecule has 1 fully saturated rings. The van der Waals surface area contributed by atoms with Crippen LogP contribution in [0.4, 0.5) is 38.0 Å². The van der Waals surface area contributed by atoms with Gasteiger partial charge in [-0.15, -0.1) is 0 Å². The number of anilines is 2. The van der Waals surface area contributed by atoms with E-state index in [1.165, 1.54) is 12.4 Å². The summed E-state index contributed by atoms with van der Waals surface area (Å²) in [7, 11) is 0. The lowest BCUT2D eigenvalue weighted by Gasteiger charge is -2.36. The Bertz CT molecular complexity index is 1850. The van der Waals surface area contributed by atoms with Crippen molar-refractivity contribution < 1.29 is 40.6 Å². The Balaban J connectivity index is 1.37. The highest BCUT2D eigenvalue weighted by molar-refractivity contribution is 7.98. The maximum Gasteiger partial charge on any atom is 0.416 e. The molecule has 0 amide bonds. The molecular weight excluding hydrogens is 767 g/mol. The third-order valence-electron chi connectivity index (χ3n) is 10.4. The monoisotopic (exact) mass is 816 g/mol. The Hall–Kier alpha value is -4.46. The highest BCUT2D eigenvalue weighted by Gasteiger charge is 2.38. The molecule has 1 aromatic heterocycles. The lowest BCUT2D eigenvalue weighted by molar-refractivity contribution is -0.146. The van der Waals surface area contributed by atoms with Crippen molar-refractivity contribution in [2.45, 2.75) is 84.4 Å². The van der Waals surface area contributed by atoms with E-state index in [-0.39, 0.29) is 42.6 Å². The molecule has 0 radical (unpaired) electrons. The number of hydrogen-bond donors (Lipinski definition) is 0. The van der Waals surface area contributed by atoms with E-state index in [1.807, 2.05) is 61.7 Å². The van der Waals surface area contributed by atoms with E-state index >= 15 is 0 Å². The lowest BCUT2D eigenvalue weighted by atomic mass is 9.80. The number of halogens is 6. The molecule has 0 N–H and O–H groups in total. The van der Waals surface area contributed by atoms with Crippen molar-refractivity contribution in [3.63, 3.8) is 0 Å². The molecule has 14 heteroatoms. The number of nitrogens with zero attached hydrogens (tertiary/aromatic N) is 4. The van der Waals surface area contributed by atoms with E-state index in [0.717, 1.165) is 72.5 Å². The summed E-state index contributed by atoms with van der Waals surface area (Å²) in [6, 6.07) is 16.3. The molecule has 4 aromatic rings. The number of ether oxygens (including phenoxy) is 2. The number of thioether (sulfide) groups is 1. The molecule has 308 valence electrons. The van der Waals surface area contributed by atoms with Gasteiger partial charge in [0.05, 0.1) is 36.2 Å². The standard InChI is InChI=1S/C43H50F6N4O3S/c1-5-52(26-32-14-12-31(13-15-32)20-40(54)56-28-33-9-7-6-8-10-33)39-16-11-29(2)19-35(39)27-53(41-50-24-38(25-51-41)55-17-18-57-4)30(3)34-21-36(42(44,45)46)23-37(22-34)43(47,48)49/h6-11,16,19,21-25,30-32H,5,12-15,17-18,20,26-28H2,1-4H3. The Morgan fingerprint density at radius 3 is 2.12 bits per heavy atom. The zero-order valence-corrected chi connectivity index (χ0v) is 33.5. The van der Waals surface area contributed by atoms with E-state index in [4.69, 9.17) is 9.47 Å². The summed E-state index contributed by atoms with van der Waals surface area (Å²) in [6.45, 7) is 7.72. The molecule has 1 atom stereocenters. The predicted molar refractivity (Wildman–Crippen MR) is 212 cm³/mol. The minimum absolute atomic E-state index is 0.0940. The van der Waals surface area contributed by atoms with Gasteiger partial charge in [-0.05, 0) is 106 Å². The Morgan fingerprint density at radius 1 is 0.895 bits per heavy atom. The topological polar surface area (TPSA) is 67.8 Å². The molecule has 7 nitrogen and oxygen atoms in total. The molecule has 0 spiro atoms. The molecule has 57 heavy (non-hydrogen) atoms. The van der Waals surface area contributed by atoms with Gasteiger partial charge in [0, 0.05) is 37.5 Å². The number of alkyl halides is 6. The van der Waals surface area contributed by atoms with E-state index in [0.29, 0.717) is 31.2 Å². The van der Waals surface area contributed by atoms with Crippen LogP contribution in [0.2, 0.25) is 0 Å². The van der Waals surface area contributed by atoms with Gasteiger partial charge in [0.25, 0.3) is 0 Å². The van der Waals surface area contributed by atoms with Crippen molar-refractivity contribution in [3.8, 4) is 5.75 Å². The van der Waals surface area contributed by atoms with Crippen LogP contribution in [-0.4, -0.2) is 47.6 Å². The van der Waals surface area contributed by atoms with Crippen LogP contribution < -0.4 is 14.5 Å². The third-order valence-corrected chi connectivity index (χ3v) is 11.0. The van der Waals surface area contributed by atoms with Gasteiger partial charge >= 0.3 is 18.3 Å². The van der Waals surface area contributed by atoms with Gasteiger partial charge in [-0.25, -0.2) is 9.97 Å². The molecule has 0 bridgehead atoms. The third kappa shape index (κ3) is 12.5. The quantitative estimate of drug-likeness (QED) is 0.0593. The first-order valence-corrected chi connectivity index (χ1v) is 20.6. The van der Waals surface area contributed by atoms with Gasteiger partial charge < -0.3 is 19.3 Å². The summed E-state index contributed by atoms with van der Waals surface area (Å²) in [5.41, 5.74) is 0.673. The number of rotatable bonds is 17. The molecule has 1 heterocycles. The van der Waals surface area contributed by atoms with E-state index in [2.05, 4.69) is 21.8 Å². The lowest BCUT2D eigenvalue weighted by Crippen LogP contribution is -2.34. The average molecular weight is 817 g/mol. The van der Waals surface area contributed by atoms with Crippen LogP contribution in [0.25, 0.3) is 0 Å². The molecule has 0 saturated heterocycles. The fourth-order valence-corrected chi connectivity index (χ4v) is 7.50. The Kier molecular flexibility index (Phi) is 15.2. The fourth-order valence-electron chi connectivity index (χ4n) is 7.25. The van der Waals surface area contributed by atoms with Crippen LogP contribution in [0.3, 0.4) is 0 Å². The van der Waals surface area contributed by atoms with Crippen LogP contribution in [0, 0.1) is 18.8 Å². The Labute approximate surface area is 335 Å². The maximum atomic E-state index is 14.0. The average Bonchev–Trinajstić information content (AvgIpc) is 3.19. The summed E-state index contributed by atoms with van der Waals surface area (Å²) in [5, 5.41) is 0. The van der Waals surface area contributed by atoms with E-state index in [9.17, 15) is 31.1 Å². The molecule has 1 aliphatic rings. The smallest absolute Gasteiger partial charge is 0.416 e. The van der Waals surface area contributed by atoms with Crippen LogP contribution in [0.1, 0.15) is 85.4 Å². The second-order valence-electron chi connectivity index (χ2n) is 14.6. The van der Waals surface area contributed by atoms with Crippen LogP contribution >= 0.6 is 11.8 Å². The molecule has 0 aliphatic heterocycles. The summed E-state index contributed by atoms with van der Waals surface area (Å²) >= 11 is 1.60. The minimum Gasteiger partial charge on any atom is -0.489 e. The second kappa shape index (κ2) is 19.8. The van der Waals surface area contributed by atoms with Gasteiger partial charge in [0.2, 0.25) is 5.95 Å². The highest BCUT2D eigenvalue weighted by atomic mass is 32.2. The molecule has 1 unspecified atom stereocenters. The molecule has 3 aromatic carbocycles. The first-order chi connectivity index (χ1) is 27.1. The second-order valence-corrected chi connectivity index (χ2v) is 15.6. The first-order valence-electron chi connectivity index (χ1n) is 19.2. The zero-order valence-electron chi connectivity index (χ0n) is 32.7. The van der Waals surface area contributed by atoms with Crippen LogP contribution in [0.15, 0.2) is 79.1 Å². The number of carbonyl (C=O) groups is 1. The van der Waals surface area contributed by atoms with Crippen molar-refractivity contribution in [2.75, 3.05) is 41.5 Å². The minimum atomic E-state index is -5.00. The summed E-state index contributed by atoms with van der Waals surface area (Å²) < 4.78 is 95.1. The summed E-state index contributed by atoms with van der Waals surface area (Å²) in [6.07, 6.45) is -1.06. The molecule has 5 rings (SSSR count). The summed E-state index contributed by atoms with van der Waals surface area (Å²) in [5.74, 6) is 1.67. The van der Waals surface area contributed by atoms with Gasteiger partial charge in [0.1, 0.15) is 6.61 Å². The maximum absolute atomic E-state index is 14.0. The van der Waals surface area contributed by atoms with Crippen molar-refractivity contribution in [1.29, 1.82) is 0 Å². The molecule has 1 aliphatic carbocycles. The number of benzene rings is 3. The SMILES string of the molecule is CCN(CC1CCC(CC(=O)OCc2ccccc2)CC1)c1ccc(C)cc1CN(c1ncc(OCCSC)cn1)C(C)c1cc(C(F)(F)F)cc(C(F)(F)F)c1. The number of esters is 1. The van der Waals surface area contributed by atoms with Gasteiger partial charge in [-0.3, -0.25) is 4.79 Å². The Morgan fingerprint density at radius 2 is 1.53 bits per heavy atom. The highest BCUT2D eigenvalue weighted by Crippen LogP contribution is 2.40. The number of aromatic nitrogens is 2. The van der Waals surface area contributed by atoms with E-state index < -0.39 is 29.5 Å². The van der Waals surface area contributed by atoms with Gasteiger partial charge in [-0.1, -0.05) is 48.0 Å². The summed E-state index contributed by atoms with van der Waals surface area (Å²) in [4.78, 5) is 25.5. The number of carbonyl (C=O) groups excluding carboxylic acids is 1. The van der Waals surface area contributed by atoms with Crippen molar-refractivity contribution in [2.24, 2.45) is 11.8 Å². The van der Waals surface area contributed by atoms with Gasteiger partial charge in [0.15, 0.2) is 5.75 Å². The van der Waals surface area contributed by atoms with Crippen LogP contribution in [0.5, 0.6) is 5.75 Å². The first kappa shape index (κ1) is 43.7. The molecular formula is C43H50F6N4O3S. The zero-order chi connectivity index (χ0) is 41.2. The van der Waals surface area contributed by atoms with Gasteiger partial charge in [-0.2, -0.15) is 38.1 Å². The normalized spacial score (nSPS) is 16.5.